The number of nitrogens with one attached hydrogen (secondary N) is 1. The summed E-state index contributed by atoms with van der Waals surface area (Å²) < 4.78 is 0. The van der Waals surface area contributed by atoms with E-state index in [1.165, 1.54) is 6.07 Å². The van der Waals surface area contributed by atoms with Crippen molar-refractivity contribution in [3.63, 3.8) is 0 Å². The number of carbonyl (C=O) groups is 3. The third kappa shape index (κ3) is 3.52. The maximum absolute atomic E-state index is 12.4. The predicted molar refractivity (Wildman–Crippen MR) is 96.5 cm³/mol. The topological polar surface area (TPSA) is 110 Å². The fraction of sp³-hybridized carbons (Fsp3) is 0.167. The first kappa shape index (κ1) is 18.5. The Bertz CT molecular complexity index is 975. The number of hydrogen-bond acceptors (Lipinski definition) is 5. The summed E-state index contributed by atoms with van der Waals surface area (Å²) in [6, 6.07) is 9.97. The Morgan fingerprint density at radius 1 is 1.19 bits per heavy atom. The molecule has 0 unspecified atom stereocenters. The van der Waals surface area contributed by atoms with Crippen LogP contribution in [0.1, 0.15) is 39.2 Å². The monoisotopic (exact) mass is 387 g/mol. The van der Waals surface area contributed by atoms with Gasteiger partial charge in [-0.1, -0.05) is 29.8 Å². The Kier molecular flexibility index (Phi) is 4.91. The van der Waals surface area contributed by atoms with E-state index in [1.807, 2.05) is 0 Å². The number of nitrogens with zero attached hydrogens (tertiary/aromatic N) is 2. The summed E-state index contributed by atoms with van der Waals surface area (Å²) in [5.41, 5.74) is 0.359. The van der Waals surface area contributed by atoms with Crippen molar-refractivity contribution in [3.05, 3.63) is 74.3 Å². The molecule has 0 fully saturated rings. The number of non-ortho nitro benzene ring substituents is 1. The van der Waals surface area contributed by atoms with Gasteiger partial charge in [-0.05, 0) is 24.6 Å². The standard InChI is InChI=1S/C18H14ClN3O5/c1-10(12-4-2-3-5-15(12)19)20-16(23)9-21-17(24)13-7-6-11(22(26)27)8-14(13)18(21)25/h2-8,10H,9H2,1H3,(H,20,23)/t10-/m1/s1. The second kappa shape index (κ2) is 7.16. The number of halogens is 1. The van der Waals surface area contributed by atoms with E-state index in [-0.39, 0.29) is 16.8 Å². The molecule has 0 radical (unpaired) electrons. The van der Waals surface area contributed by atoms with E-state index < -0.39 is 35.2 Å². The summed E-state index contributed by atoms with van der Waals surface area (Å²) in [4.78, 5) is 48.0. The van der Waals surface area contributed by atoms with Crippen molar-refractivity contribution in [2.75, 3.05) is 6.54 Å². The predicted octanol–water partition coefficient (Wildman–Crippen LogP) is 2.72. The number of amides is 3. The second-order valence-corrected chi connectivity index (χ2v) is 6.40. The summed E-state index contributed by atoms with van der Waals surface area (Å²) in [6.45, 7) is 1.24. The highest BCUT2D eigenvalue weighted by Gasteiger charge is 2.38. The van der Waals surface area contributed by atoms with Crippen molar-refractivity contribution >= 4 is 35.0 Å². The molecule has 0 bridgehead atoms. The molecule has 0 saturated heterocycles. The number of nitro groups is 1. The number of benzene rings is 2. The minimum absolute atomic E-state index is 0.0394. The van der Waals surface area contributed by atoms with E-state index in [0.29, 0.717) is 10.6 Å². The van der Waals surface area contributed by atoms with Gasteiger partial charge in [0.25, 0.3) is 17.5 Å². The van der Waals surface area contributed by atoms with E-state index in [2.05, 4.69) is 5.32 Å². The molecule has 138 valence electrons. The van der Waals surface area contributed by atoms with Crippen LogP contribution in [0, 0.1) is 10.1 Å². The molecule has 2 aromatic carbocycles. The van der Waals surface area contributed by atoms with Crippen LogP contribution in [0.2, 0.25) is 5.02 Å². The fourth-order valence-corrected chi connectivity index (χ4v) is 3.17. The van der Waals surface area contributed by atoms with Crippen LogP contribution in [-0.2, 0) is 4.79 Å². The van der Waals surface area contributed by atoms with Gasteiger partial charge in [0.15, 0.2) is 0 Å². The van der Waals surface area contributed by atoms with Crippen LogP contribution < -0.4 is 5.32 Å². The highest BCUT2D eigenvalue weighted by atomic mass is 35.5. The van der Waals surface area contributed by atoms with Gasteiger partial charge in [0.05, 0.1) is 22.1 Å². The number of hydrogen-bond donors (Lipinski definition) is 1. The van der Waals surface area contributed by atoms with Gasteiger partial charge in [0.1, 0.15) is 6.54 Å². The lowest BCUT2D eigenvalue weighted by Gasteiger charge is -2.18. The minimum Gasteiger partial charge on any atom is -0.348 e. The molecular weight excluding hydrogens is 374 g/mol. The Labute approximate surface area is 158 Å². The van der Waals surface area contributed by atoms with E-state index >= 15 is 0 Å². The number of fused-ring (bicyclic) bond motifs is 1. The number of carbonyl (C=O) groups excluding carboxylic acids is 3. The number of imide groups is 1. The molecule has 3 rings (SSSR count). The third-order valence-corrected chi connectivity index (χ3v) is 4.56. The van der Waals surface area contributed by atoms with Crippen LogP contribution in [0.25, 0.3) is 0 Å². The molecule has 9 heteroatoms. The molecule has 1 atom stereocenters. The maximum Gasteiger partial charge on any atom is 0.270 e. The molecule has 0 aromatic heterocycles. The smallest absolute Gasteiger partial charge is 0.270 e. The van der Waals surface area contributed by atoms with Crippen molar-refractivity contribution in [1.29, 1.82) is 0 Å². The second-order valence-electron chi connectivity index (χ2n) is 5.99. The zero-order valence-corrected chi connectivity index (χ0v) is 14.9. The van der Waals surface area contributed by atoms with Crippen LogP contribution in [0.15, 0.2) is 42.5 Å². The van der Waals surface area contributed by atoms with E-state index in [1.54, 1.807) is 31.2 Å². The quantitative estimate of drug-likeness (QED) is 0.482. The Hall–Kier alpha value is -3.26. The molecule has 0 spiro atoms. The molecule has 2 aromatic rings. The Balaban J connectivity index is 1.73. The van der Waals surface area contributed by atoms with Gasteiger partial charge in [-0.25, -0.2) is 0 Å². The van der Waals surface area contributed by atoms with Crippen LogP contribution in [0.5, 0.6) is 0 Å². The third-order valence-electron chi connectivity index (χ3n) is 4.22. The molecule has 27 heavy (non-hydrogen) atoms. The highest BCUT2D eigenvalue weighted by Crippen LogP contribution is 2.27. The maximum atomic E-state index is 12.4. The van der Waals surface area contributed by atoms with Crippen LogP contribution in [-0.4, -0.2) is 34.1 Å². The largest absolute Gasteiger partial charge is 0.348 e. The molecular formula is C18H14ClN3O5. The van der Waals surface area contributed by atoms with Gasteiger partial charge >= 0.3 is 0 Å². The van der Waals surface area contributed by atoms with E-state index in [9.17, 15) is 24.5 Å². The molecule has 3 amide bonds. The van der Waals surface area contributed by atoms with Crippen LogP contribution in [0.4, 0.5) is 5.69 Å². The van der Waals surface area contributed by atoms with Crippen molar-refractivity contribution in [1.82, 2.24) is 10.2 Å². The van der Waals surface area contributed by atoms with Crippen LogP contribution in [0.3, 0.4) is 0 Å². The summed E-state index contributed by atoms with van der Waals surface area (Å²) >= 11 is 6.10. The average Bonchev–Trinajstić information content (AvgIpc) is 2.86. The zero-order chi connectivity index (χ0) is 19.7. The number of rotatable bonds is 5. The highest BCUT2D eigenvalue weighted by molar-refractivity contribution is 6.31. The fourth-order valence-electron chi connectivity index (χ4n) is 2.87. The van der Waals surface area contributed by atoms with Gasteiger partial charge in [0, 0.05) is 17.2 Å². The first-order chi connectivity index (χ1) is 12.8. The molecule has 8 nitrogen and oxygen atoms in total. The lowest BCUT2D eigenvalue weighted by molar-refractivity contribution is -0.384. The zero-order valence-electron chi connectivity index (χ0n) is 14.1. The van der Waals surface area contributed by atoms with Gasteiger partial charge < -0.3 is 5.32 Å². The lowest BCUT2D eigenvalue weighted by Crippen LogP contribution is -2.41. The van der Waals surface area contributed by atoms with Gasteiger partial charge in [-0.15, -0.1) is 0 Å². The molecule has 0 aliphatic carbocycles. The first-order valence-electron chi connectivity index (χ1n) is 7.98. The van der Waals surface area contributed by atoms with Crippen molar-refractivity contribution < 1.29 is 19.3 Å². The molecule has 1 aliphatic rings. The average molecular weight is 388 g/mol. The molecule has 1 N–H and O–H groups in total. The van der Waals surface area contributed by atoms with E-state index in [4.69, 9.17) is 11.6 Å². The summed E-state index contributed by atoms with van der Waals surface area (Å²) in [6.07, 6.45) is 0. The summed E-state index contributed by atoms with van der Waals surface area (Å²) in [5, 5.41) is 14.0. The molecule has 1 heterocycles. The lowest BCUT2D eigenvalue weighted by atomic mass is 10.1. The minimum atomic E-state index is -0.737. The summed E-state index contributed by atoms with van der Waals surface area (Å²) in [5.74, 6) is -1.95. The molecule has 0 saturated carbocycles. The number of nitro benzene ring substituents is 1. The Morgan fingerprint density at radius 3 is 2.52 bits per heavy atom. The van der Waals surface area contributed by atoms with Crippen molar-refractivity contribution in [3.8, 4) is 0 Å². The van der Waals surface area contributed by atoms with Gasteiger partial charge in [-0.3, -0.25) is 29.4 Å². The van der Waals surface area contributed by atoms with Crippen LogP contribution >= 0.6 is 11.6 Å². The summed E-state index contributed by atoms with van der Waals surface area (Å²) in [7, 11) is 0. The first-order valence-corrected chi connectivity index (χ1v) is 8.36. The van der Waals surface area contributed by atoms with Crippen molar-refractivity contribution in [2.45, 2.75) is 13.0 Å². The van der Waals surface area contributed by atoms with Crippen molar-refractivity contribution in [2.24, 2.45) is 0 Å². The van der Waals surface area contributed by atoms with Gasteiger partial charge in [-0.2, -0.15) is 0 Å². The molecule has 1 aliphatic heterocycles. The SMILES string of the molecule is C[C@@H](NC(=O)CN1C(=O)c2ccc([N+](=O)[O-])cc2C1=O)c1ccccc1Cl. The normalized spacial score (nSPS) is 14.1. The van der Waals surface area contributed by atoms with E-state index in [0.717, 1.165) is 17.0 Å². The van der Waals surface area contributed by atoms with Gasteiger partial charge in [0.2, 0.25) is 5.91 Å². The Morgan fingerprint density at radius 2 is 1.85 bits per heavy atom.